The Balaban J connectivity index is 1.42. The molecule has 0 bridgehead atoms. The summed E-state index contributed by atoms with van der Waals surface area (Å²) in [4.78, 5) is 16.4. The number of hydrogen-bond donors (Lipinski definition) is 2. The van der Waals surface area contributed by atoms with Crippen molar-refractivity contribution >= 4 is 10.9 Å². The molecule has 1 aromatic carbocycles. The maximum atomic E-state index is 13.7. The highest BCUT2D eigenvalue weighted by molar-refractivity contribution is 5.87. The summed E-state index contributed by atoms with van der Waals surface area (Å²) in [5.74, 6) is 5.08. The van der Waals surface area contributed by atoms with Gasteiger partial charge in [-0.15, -0.1) is 0 Å². The van der Waals surface area contributed by atoms with Gasteiger partial charge in [-0.1, -0.05) is 6.07 Å². The number of pyridine rings is 2. The molecular formula is C23H21F2N5O2. The van der Waals surface area contributed by atoms with E-state index in [2.05, 4.69) is 10.3 Å². The average molecular weight is 437 g/mol. The van der Waals surface area contributed by atoms with Crippen LogP contribution in [0.1, 0.15) is 23.4 Å². The zero-order chi connectivity index (χ0) is 22.2. The number of fused-ring (bicyclic) bond motifs is 3. The second-order valence-corrected chi connectivity index (χ2v) is 7.72. The molecule has 164 valence electrons. The van der Waals surface area contributed by atoms with E-state index in [0.717, 1.165) is 54.8 Å². The molecule has 3 N–H and O–H groups in total. The lowest BCUT2D eigenvalue weighted by molar-refractivity contribution is 0.292. The zero-order valence-corrected chi connectivity index (χ0v) is 17.1. The first-order valence-electron chi connectivity index (χ1n) is 10.3. The van der Waals surface area contributed by atoms with E-state index in [-0.39, 0.29) is 23.6 Å². The highest BCUT2D eigenvalue weighted by Gasteiger charge is 2.18. The molecular weight excluding hydrogens is 416 g/mol. The fraction of sp³-hybridized carbons (Fsp3) is 0.217. The second kappa shape index (κ2) is 8.08. The number of aromatic nitrogens is 3. The minimum Gasteiger partial charge on any atom is -0.487 e. The number of halogens is 2. The van der Waals surface area contributed by atoms with Crippen molar-refractivity contribution in [1.82, 2.24) is 19.5 Å². The van der Waals surface area contributed by atoms with E-state index in [9.17, 15) is 13.6 Å². The molecule has 0 fully saturated rings. The first kappa shape index (κ1) is 20.2. The van der Waals surface area contributed by atoms with Crippen molar-refractivity contribution in [3.05, 3.63) is 87.7 Å². The minimum absolute atomic E-state index is 0.0426. The van der Waals surface area contributed by atoms with Gasteiger partial charge in [0.2, 0.25) is 0 Å². The number of nitrogen functional groups attached to an aromatic ring is 1. The zero-order valence-electron chi connectivity index (χ0n) is 17.1. The molecule has 1 aliphatic heterocycles. The number of nitrogens with zero attached hydrogens (tertiary/aromatic N) is 3. The highest BCUT2D eigenvalue weighted by Crippen LogP contribution is 2.28. The van der Waals surface area contributed by atoms with Gasteiger partial charge in [-0.2, -0.15) is 0 Å². The van der Waals surface area contributed by atoms with Crippen molar-refractivity contribution in [2.45, 2.75) is 26.0 Å². The first-order valence-corrected chi connectivity index (χ1v) is 10.3. The Morgan fingerprint density at radius 1 is 1.19 bits per heavy atom. The van der Waals surface area contributed by atoms with Crippen LogP contribution in [0.3, 0.4) is 0 Å². The average Bonchev–Trinajstić information content (AvgIpc) is 2.93. The van der Waals surface area contributed by atoms with Gasteiger partial charge in [-0.25, -0.2) is 8.78 Å². The summed E-state index contributed by atoms with van der Waals surface area (Å²) in [6.07, 6.45) is 4.42. The Morgan fingerprint density at radius 3 is 2.88 bits per heavy atom. The fourth-order valence-electron chi connectivity index (χ4n) is 4.10. The molecule has 5 rings (SSSR count). The third-order valence-corrected chi connectivity index (χ3v) is 5.70. The summed E-state index contributed by atoms with van der Waals surface area (Å²) in [5.41, 5.74) is 3.49. The van der Waals surface area contributed by atoms with Crippen LogP contribution in [-0.2, 0) is 19.6 Å². The summed E-state index contributed by atoms with van der Waals surface area (Å²) in [5, 5.41) is 4.49. The summed E-state index contributed by atoms with van der Waals surface area (Å²) in [6.45, 7) is 1.51. The lowest BCUT2D eigenvalue weighted by atomic mass is 10.1. The Labute approximate surface area is 182 Å². The number of benzene rings is 1. The number of nitrogens with two attached hydrogens (primary N) is 1. The van der Waals surface area contributed by atoms with E-state index >= 15 is 0 Å². The van der Waals surface area contributed by atoms with Crippen LogP contribution in [0.5, 0.6) is 5.75 Å². The van der Waals surface area contributed by atoms with Crippen LogP contribution in [0.25, 0.3) is 16.6 Å². The van der Waals surface area contributed by atoms with Gasteiger partial charge in [-0.05, 0) is 43.1 Å². The number of rotatable bonds is 4. The smallest absolute Gasteiger partial charge is 0.258 e. The van der Waals surface area contributed by atoms with Crippen LogP contribution in [0.4, 0.5) is 8.78 Å². The Bertz CT molecular complexity index is 1380. The van der Waals surface area contributed by atoms with Gasteiger partial charge < -0.3 is 15.9 Å². The Kier molecular flexibility index (Phi) is 5.10. The standard InChI is InChI=1S/C23H21F2N5O2/c24-14-8-19(25)20(28-11-14)13-32-16-5-7-29(23(31)10-16)15-3-4-17-18-12-27-6-1-2-21(18)30(26)22(17)9-15/h3-5,7-11,27H,1-2,6,12-13,26H2. The molecule has 0 amide bonds. The number of ether oxygens (including phenoxy) is 1. The molecule has 0 radical (unpaired) electrons. The van der Waals surface area contributed by atoms with Crippen LogP contribution in [0.2, 0.25) is 0 Å². The maximum absolute atomic E-state index is 13.7. The molecule has 0 saturated carbocycles. The van der Waals surface area contributed by atoms with Gasteiger partial charge in [0.05, 0.1) is 17.4 Å². The largest absolute Gasteiger partial charge is 0.487 e. The van der Waals surface area contributed by atoms with Crippen LogP contribution in [0, 0.1) is 11.6 Å². The van der Waals surface area contributed by atoms with Crippen LogP contribution < -0.4 is 21.5 Å². The topological polar surface area (TPSA) is 87.1 Å². The van der Waals surface area contributed by atoms with Crippen molar-refractivity contribution < 1.29 is 13.5 Å². The lowest BCUT2D eigenvalue weighted by Gasteiger charge is -2.10. The van der Waals surface area contributed by atoms with E-state index in [1.165, 1.54) is 16.2 Å². The first-order chi connectivity index (χ1) is 15.5. The van der Waals surface area contributed by atoms with E-state index in [4.69, 9.17) is 10.6 Å². The van der Waals surface area contributed by atoms with Gasteiger partial charge in [0, 0.05) is 36.0 Å². The quantitative estimate of drug-likeness (QED) is 0.480. The summed E-state index contributed by atoms with van der Waals surface area (Å²) >= 11 is 0. The lowest BCUT2D eigenvalue weighted by Crippen LogP contribution is -2.17. The van der Waals surface area contributed by atoms with Crippen LogP contribution in [-0.4, -0.2) is 20.8 Å². The van der Waals surface area contributed by atoms with Gasteiger partial charge in [0.25, 0.3) is 5.56 Å². The van der Waals surface area contributed by atoms with Crippen molar-refractivity contribution in [2.75, 3.05) is 12.4 Å². The van der Waals surface area contributed by atoms with E-state index in [0.29, 0.717) is 5.69 Å². The molecule has 0 aliphatic carbocycles. The second-order valence-electron chi connectivity index (χ2n) is 7.72. The third-order valence-electron chi connectivity index (χ3n) is 5.70. The van der Waals surface area contributed by atoms with Gasteiger partial charge >= 0.3 is 0 Å². The number of hydrogen-bond acceptors (Lipinski definition) is 5. The van der Waals surface area contributed by atoms with E-state index in [1.54, 1.807) is 16.9 Å². The molecule has 4 heterocycles. The number of nitrogens with one attached hydrogen (secondary N) is 1. The summed E-state index contributed by atoms with van der Waals surface area (Å²) in [6, 6.07) is 9.42. The maximum Gasteiger partial charge on any atom is 0.258 e. The molecule has 0 atom stereocenters. The summed E-state index contributed by atoms with van der Waals surface area (Å²) in [7, 11) is 0. The van der Waals surface area contributed by atoms with Crippen molar-refractivity contribution in [3.63, 3.8) is 0 Å². The monoisotopic (exact) mass is 437 g/mol. The predicted molar refractivity (Wildman–Crippen MR) is 116 cm³/mol. The highest BCUT2D eigenvalue weighted by atomic mass is 19.1. The Hall–Kier alpha value is -3.72. The Morgan fingerprint density at radius 2 is 2.06 bits per heavy atom. The van der Waals surface area contributed by atoms with Gasteiger partial charge in [0.15, 0.2) is 5.82 Å². The SMILES string of the molecule is Nn1c2c(c3ccc(-n4ccc(OCc5ncc(F)cc5F)cc4=O)cc31)CNCCC2. The summed E-state index contributed by atoms with van der Waals surface area (Å²) < 4.78 is 35.4. The normalized spacial score (nSPS) is 13.7. The van der Waals surface area contributed by atoms with Crippen molar-refractivity contribution in [1.29, 1.82) is 0 Å². The molecule has 0 saturated heterocycles. The van der Waals surface area contributed by atoms with Crippen LogP contribution in [0.15, 0.2) is 53.6 Å². The van der Waals surface area contributed by atoms with E-state index < -0.39 is 11.6 Å². The molecule has 3 aromatic heterocycles. The van der Waals surface area contributed by atoms with E-state index in [1.807, 2.05) is 18.2 Å². The van der Waals surface area contributed by atoms with Gasteiger partial charge in [-0.3, -0.25) is 19.0 Å². The van der Waals surface area contributed by atoms with Crippen LogP contribution >= 0.6 is 0 Å². The minimum atomic E-state index is -0.801. The molecule has 1 aliphatic rings. The molecule has 7 nitrogen and oxygen atoms in total. The molecule has 0 unspecified atom stereocenters. The molecule has 4 aromatic rings. The predicted octanol–water partition coefficient (Wildman–Crippen LogP) is 2.79. The third kappa shape index (κ3) is 3.60. The van der Waals surface area contributed by atoms with Crippen molar-refractivity contribution in [3.8, 4) is 11.4 Å². The van der Waals surface area contributed by atoms with Gasteiger partial charge in [0.1, 0.15) is 23.9 Å². The molecule has 0 spiro atoms. The van der Waals surface area contributed by atoms with Crippen molar-refractivity contribution in [2.24, 2.45) is 0 Å². The molecule has 9 heteroatoms. The fourth-order valence-corrected chi connectivity index (χ4v) is 4.10. The molecule has 32 heavy (non-hydrogen) atoms.